The Bertz CT molecular complexity index is 1870. The van der Waals surface area contributed by atoms with Gasteiger partial charge >= 0.3 is 0 Å². The molecule has 0 aliphatic rings. The number of H-pyrrole nitrogens is 1. The minimum atomic E-state index is -0.391. The lowest BCUT2D eigenvalue weighted by molar-refractivity contribution is 0.0933. The lowest BCUT2D eigenvalue weighted by atomic mass is 9.96. The van der Waals surface area contributed by atoms with Crippen molar-refractivity contribution in [2.75, 3.05) is 5.73 Å². The molecule has 0 saturated carbocycles. The Morgan fingerprint density at radius 3 is 2.68 bits per heavy atom. The van der Waals surface area contributed by atoms with Gasteiger partial charge in [-0.15, -0.1) is 0 Å². The predicted octanol–water partition coefficient (Wildman–Crippen LogP) is 4.08. The van der Waals surface area contributed by atoms with E-state index in [1.54, 1.807) is 29.2 Å². The van der Waals surface area contributed by atoms with E-state index in [0.29, 0.717) is 5.65 Å². The van der Waals surface area contributed by atoms with Gasteiger partial charge in [0.05, 0.1) is 17.8 Å². The Balaban J connectivity index is 1.45. The first kappa shape index (κ1) is 23.1. The van der Waals surface area contributed by atoms with E-state index in [2.05, 4.69) is 49.5 Å². The highest BCUT2D eigenvalue weighted by atomic mass is 16.2. The molecule has 0 bridgehead atoms. The molecule has 2 aromatic carbocycles. The molecule has 4 N–H and O–H groups in total. The van der Waals surface area contributed by atoms with Crippen molar-refractivity contribution < 1.29 is 4.79 Å². The fourth-order valence-electron chi connectivity index (χ4n) is 4.68. The third-order valence-electron chi connectivity index (χ3n) is 6.38. The van der Waals surface area contributed by atoms with Crippen molar-refractivity contribution in [2.45, 2.75) is 13.0 Å². The number of amides is 1. The highest BCUT2D eigenvalue weighted by Gasteiger charge is 2.24. The monoisotopic (exact) mass is 500 g/mol. The molecule has 6 aromatic rings. The topological polar surface area (TPSA) is 119 Å². The van der Waals surface area contributed by atoms with E-state index in [4.69, 9.17) is 5.73 Å². The van der Waals surface area contributed by atoms with Crippen LogP contribution in [0.2, 0.25) is 0 Å². The average molecular weight is 501 g/mol. The molecule has 0 fully saturated rings. The first-order valence-corrected chi connectivity index (χ1v) is 12.1. The van der Waals surface area contributed by atoms with Gasteiger partial charge in [-0.1, -0.05) is 48.2 Å². The van der Waals surface area contributed by atoms with Gasteiger partial charge in [0, 0.05) is 47.2 Å². The summed E-state index contributed by atoms with van der Waals surface area (Å²) in [6.07, 6.45) is 5.21. The van der Waals surface area contributed by atoms with Gasteiger partial charge in [-0.25, -0.2) is 9.50 Å². The molecule has 0 spiro atoms. The molecule has 9 nitrogen and oxygen atoms in total. The summed E-state index contributed by atoms with van der Waals surface area (Å²) in [5, 5.41) is 12.5. The molecule has 4 heterocycles. The third-order valence-corrected chi connectivity index (χ3v) is 6.38. The van der Waals surface area contributed by atoms with Crippen LogP contribution in [-0.4, -0.2) is 35.3 Å². The number of aromatic amines is 1. The molecule has 9 heteroatoms. The van der Waals surface area contributed by atoms with Gasteiger partial charge in [0.1, 0.15) is 0 Å². The summed E-state index contributed by atoms with van der Waals surface area (Å²) in [4.78, 5) is 21.2. The Morgan fingerprint density at radius 2 is 1.89 bits per heavy atom. The van der Waals surface area contributed by atoms with Gasteiger partial charge in [0.2, 0.25) is 0 Å². The number of nitrogens with two attached hydrogens (primary N) is 1. The van der Waals surface area contributed by atoms with Gasteiger partial charge < -0.3 is 16.0 Å². The lowest BCUT2D eigenvalue weighted by Gasteiger charge is -2.15. The van der Waals surface area contributed by atoms with Crippen molar-refractivity contribution >= 4 is 28.3 Å². The Kier molecular flexibility index (Phi) is 5.62. The number of nitrogen functional groups attached to an aromatic ring is 1. The number of rotatable bonds is 4. The molecule has 1 amide bonds. The van der Waals surface area contributed by atoms with Crippen LogP contribution in [0.25, 0.3) is 27.7 Å². The molecule has 0 unspecified atom stereocenters. The minimum Gasteiger partial charge on any atom is -0.382 e. The molecule has 0 aliphatic heterocycles. The maximum Gasteiger partial charge on any atom is 0.274 e. The van der Waals surface area contributed by atoms with Crippen molar-refractivity contribution in [1.82, 2.24) is 34.7 Å². The van der Waals surface area contributed by atoms with Crippen molar-refractivity contribution in [1.29, 1.82) is 0 Å². The number of fused-ring (bicyclic) bond motifs is 2. The van der Waals surface area contributed by atoms with Crippen molar-refractivity contribution in [3.05, 3.63) is 102 Å². The number of aryl methyl sites for hydroxylation is 1. The van der Waals surface area contributed by atoms with Crippen LogP contribution in [0.4, 0.5) is 5.82 Å². The molecule has 6 rings (SSSR count). The number of carbonyl (C=O) groups excluding carboxylic acids is 1. The van der Waals surface area contributed by atoms with Crippen LogP contribution in [0, 0.1) is 11.8 Å². The highest BCUT2D eigenvalue weighted by molar-refractivity contribution is 6.02. The van der Waals surface area contributed by atoms with E-state index < -0.39 is 6.04 Å². The quantitative estimate of drug-likeness (QED) is 0.315. The standard InChI is InChI=1S/C29H24N8O/c1-18(33-29(38)27-28(30)35-23-12-7-15-31-37(23)27)26-25(20-8-4-3-5-9-20)24-21(10-6-11-22(24)34-26)14-13-19-16-32-36(2)17-19/h3-12,15-18,34H,30H2,1-2H3,(H,33,38)/t18-/m0/s1. The Morgan fingerprint density at radius 1 is 1.05 bits per heavy atom. The summed E-state index contributed by atoms with van der Waals surface area (Å²) in [7, 11) is 1.87. The third kappa shape index (κ3) is 4.04. The number of hydrogen-bond donors (Lipinski definition) is 3. The zero-order valence-electron chi connectivity index (χ0n) is 20.8. The number of carbonyl (C=O) groups is 1. The normalized spacial score (nSPS) is 11.8. The summed E-state index contributed by atoms with van der Waals surface area (Å²) in [5.74, 6) is 6.30. The zero-order valence-corrected chi connectivity index (χ0v) is 20.8. The highest BCUT2D eigenvalue weighted by Crippen LogP contribution is 2.37. The van der Waals surface area contributed by atoms with Crippen LogP contribution in [0.1, 0.15) is 40.3 Å². The van der Waals surface area contributed by atoms with E-state index in [9.17, 15) is 4.79 Å². The Labute approximate surface area is 218 Å². The number of hydrogen-bond acceptors (Lipinski definition) is 5. The zero-order chi connectivity index (χ0) is 26.2. The number of anilines is 1. The number of imidazole rings is 1. The van der Waals surface area contributed by atoms with Crippen molar-refractivity contribution in [3.63, 3.8) is 0 Å². The molecule has 4 aromatic heterocycles. The molecule has 1 atom stereocenters. The van der Waals surface area contributed by atoms with Gasteiger partial charge in [-0.2, -0.15) is 10.2 Å². The van der Waals surface area contributed by atoms with E-state index in [-0.39, 0.29) is 17.4 Å². The summed E-state index contributed by atoms with van der Waals surface area (Å²) >= 11 is 0. The number of nitrogens with zero attached hydrogens (tertiary/aromatic N) is 5. The first-order chi connectivity index (χ1) is 18.5. The van der Waals surface area contributed by atoms with Crippen molar-refractivity contribution in [3.8, 4) is 23.0 Å². The number of benzene rings is 2. The smallest absolute Gasteiger partial charge is 0.274 e. The van der Waals surface area contributed by atoms with Crippen LogP contribution in [0.15, 0.2) is 79.3 Å². The molecule has 0 radical (unpaired) electrons. The summed E-state index contributed by atoms with van der Waals surface area (Å²) in [6, 6.07) is 19.2. The van der Waals surface area contributed by atoms with Crippen LogP contribution < -0.4 is 11.1 Å². The molecule has 0 saturated heterocycles. The van der Waals surface area contributed by atoms with Crippen LogP contribution in [-0.2, 0) is 7.05 Å². The molecular formula is C29H24N8O. The van der Waals surface area contributed by atoms with E-state index in [1.165, 1.54) is 4.52 Å². The second-order valence-corrected chi connectivity index (χ2v) is 8.99. The SMILES string of the molecule is C[C@H](NC(=O)c1c(N)nc2cccnn12)c1[nH]c2cccc(C#Cc3cnn(C)c3)c2c1-c1ccccc1. The van der Waals surface area contributed by atoms with Gasteiger partial charge in [-0.05, 0) is 36.8 Å². The van der Waals surface area contributed by atoms with Crippen LogP contribution >= 0.6 is 0 Å². The van der Waals surface area contributed by atoms with Crippen LogP contribution in [0.3, 0.4) is 0 Å². The average Bonchev–Trinajstić information content (AvgIpc) is 3.62. The van der Waals surface area contributed by atoms with Crippen molar-refractivity contribution in [2.24, 2.45) is 7.05 Å². The lowest BCUT2D eigenvalue weighted by Crippen LogP contribution is -2.29. The maximum absolute atomic E-state index is 13.4. The number of aromatic nitrogens is 6. The van der Waals surface area contributed by atoms with E-state index >= 15 is 0 Å². The van der Waals surface area contributed by atoms with Crippen LogP contribution in [0.5, 0.6) is 0 Å². The van der Waals surface area contributed by atoms with E-state index in [1.807, 2.05) is 56.6 Å². The molecule has 186 valence electrons. The summed E-state index contributed by atoms with van der Waals surface area (Å²) in [6.45, 7) is 1.93. The minimum absolute atomic E-state index is 0.126. The van der Waals surface area contributed by atoms with E-state index in [0.717, 1.165) is 38.9 Å². The molecular weight excluding hydrogens is 476 g/mol. The molecule has 0 aliphatic carbocycles. The van der Waals surface area contributed by atoms with Gasteiger partial charge in [-0.3, -0.25) is 9.48 Å². The van der Waals surface area contributed by atoms with Gasteiger partial charge in [0.15, 0.2) is 17.2 Å². The summed E-state index contributed by atoms with van der Waals surface area (Å²) < 4.78 is 3.18. The Hall–Kier alpha value is -5.36. The second-order valence-electron chi connectivity index (χ2n) is 8.99. The fourth-order valence-corrected chi connectivity index (χ4v) is 4.68. The van der Waals surface area contributed by atoms with Gasteiger partial charge in [0.25, 0.3) is 5.91 Å². The predicted molar refractivity (Wildman–Crippen MR) is 146 cm³/mol. The number of nitrogens with one attached hydrogen (secondary N) is 2. The summed E-state index contributed by atoms with van der Waals surface area (Å²) in [5.41, 5.74) is 12.3. The molecule has 38 heavy (non-hydrogen) atoms. The maximum atomic E-state index is 13.4. The second kappa shape index (κ2) is 9.26. The fraction of sp³-hybridized carbons (Fsp3) is 0.103. The first-order valence-electron chi connectivity index (χ1n) is 12.1. The largest absolute Gasteiger partial charge is 0.382 e.